The first kappa shape index (κ1) is 25.3. The van der Waals surface area contributed by atoms with Gasteiger partial charge in [-0.1, -0.05) is 0 Å². The first-order chi connectivity index (χ1) is 16.7. The molecule has 0 aromatic heterocycles. The van der Waals surface area contributed by atoms with Crippen molar-refractivity contribution >= 4 is 21.6 Å². The lowest BCUT2D eigenvalue weighted by Gasteiger charge is -2.29. The molecule has 1 amide bonds. The van der Waals surface area contributed by atoms with Gasteiger partial charge in [-0.05, 0) is 80.8 Å². The van der Waals surface area contributed by atoms with Crippen LogP contribution in [0.25, 0.3) is 0 Å². The van der Waals surface area contributed by atoms with Gasteiger partial charge < -0.3 is 19.7 Å². The summed E-state index contributed by atoms with van der Waals surface area (Å²) in [4.78, 5) is 15.4. The van der Waals surface area contributed by atoms with Crippen LogP contribution >= 0.6 is 0 Å². The fourth-order valence-corrected chi connectivity index (χ4v) is 7.22. The van der Waals surface area contributed by atoms with E-state index in [2.05, 4.69) is 5.32 Å². The topological polar surface area (TPSA) is 88.2 Å². The largest absolute Gasteiger partial charge is 0.497 e. The summed E-state index contributed by atoms with van der Waals surface area (Å²) >= 11 is 0. The summed E-state index contributed by atoms with van der Waals surface area (Å²) in [6.45, 7) is 8.59. The van der Waals surface area contributed by atoms with Gasteiger partial charge in [0.2, 0.25) is 5.91 Å². The molecule has 2 aromatic carbocycles. The van der Waals surface area contributed by atoms with Gasteiger partial charge in [-0.25, -0.2) is 8.42 Å². The number of methoxy groups -OCH3 is 2. The number of nitrogens with one attached hydrogen (secondary N) is 1. The van der Waals surface area contributed by atoms with Gasteiger partial charge in [0.15, 0.2) is 0 Å². The van der Waals surface area contributed by atoms with E-state index in [1.807, 2.05) is 24.8 Å². The summed E-state index contributed by atoms with van der Waals surface area (Å²) < 4.78 is 40.4. The lowest BCUT2D eigenvalue weighted by molar-refractivity contribution is -0.131. The van der Waals surface area contributed by atoms with E-state index >= 15 is 0 Å². The smallest absolute Gasteiger partial charge is 0.264 e. The summed E-state index contributed by atoms with van der Waals surface area (Å²) in [5, 5.41) is 3.32. The fraction of sp³-hybridized carbons (Fsp3) is 0.500. The number of anilines is 1. The van der Waals surface area contributed by atoms with Gasteiger partial charge >= 0.3 is 0 Å². The van der Waals surface area contributed by atoms with Crippen molar-refractivity contribution in [3.05, 3.63) is 47.0 Å². The molecule has 1 fully saturated rings. The van der Waals surface area contributed by atoms with Crippen molar-refractivity contribution < 1.29 is 22.7 Å². The Morgan fingerprint density at radius 1 is 1.06 bits per heavy atom. The minimum absolute atomic E-state index is 0.0510. The van der Waals surface area contributed by atoms with Crippen molar-refractivity contribution in [2.45, 2.75) is 50.5 Å². The second kappa shape index (κ2) is 10.1. The summed E-state index contributed by atoms with van der Waals surface area (Å²) in [5.41, 5.74) is 2.87. The van der Waals surface area contributed by atoms with Crippen LogP contribution in [0, 0.1) is 13.8 Å². The number of carbonyl (C=O) groups excluding carboxylic acids is 1. The van der Waals surface area contributed by atoms with E-state index in [4.69, 9.17) is 9.47 Å². The quantitative estimate of drug-likeness (QED) is 0.654. The molecule has 190 valence electrons. The van der Waals surface area contributed by atoms with E-state index in [0.717, 1.165) is 30.6 Å². The van der Waals surface area contributed by atoms with E-state index in [-0.39, 0.29) is 23.1 Å². The van der Waals surface area contributed by atoms with E-state index in [0.29, 0.717) is 35.8 Å². The predicted molar refractivity (Wildman–Crippen MR) is 136 cm³/mol. The van der Waals surface area contributed by atoms with E-state index in [9.17, 15) is 13.2 Å². The SMILES string of the molecule is COc1ccc2c(c1)[C@@H](CC(=O)N1CCCNCC1)[C@@H](C)N2S(=O)(=O)c1ccc(OC)c(C)c1C. The zero-order valence-corrected chi connectivity index (χ0v) is 21.9. The number of fused-ring (bicyclic) bond motifs is 1. The Bertz CT molecular complexity index is 1210. The average molecular weight is 502 g/mol. The summed E-state index contributed by atoms with van der Waals surface area (Å²) in [6, 6.07) is 8.29. The molecule has 2 aliphatic rings. The highest BCUT2D eigenvalue weighted by Crippen LogP contribution is 2.47. The molecule has 0 unspecified atom stereocenters. The maximum absolute atomic E-state index is 14.1. The first-order valence-electron chi connectivity index (χ1n) is 12.1. The Labute approximate surface area is 208 Å². The van der Waals surface area contributed by atoms with Crippen molar-refractivity contribution in [2.75, 3.05) is 44.7 Å². The minimum atomic E-state index is -3.90. The molecule has 4 rings (SSSR count). The number of amides is 1. The van der Waals surface area contributed by atoms with Crippen LogP contribution in [-0.2, 0) is 14.8 Å². The van der Waals surface area contributed by atoms with Crippen molar-refractivity contribution in [3.8, 4) is 11.5 Å². The highest BCUT2D eigenvalue weighted by molar-refractivity contribution is 7.93. The molecule has 2 aliphatic heterocycles. The Balaban J connectivity index is 1.74. The molecule has 2 aromatic rings. The summed E-state index contributed by atoms with van der Waals surface area (Å²) in [7, 11) is -0.737. The standard InChI is InChI=1S/C26H35N3O5S/c1-17-18(2)25(10-9-24(17)34-5)35(31,32)29-19(3)21(22-15-20(33-4)7-8-23(22)29)16-26(30)28-13-6-11-27-12-14-28/h7-10,15,19,21,27H,6,11-14,16H2,1-5H3/t19-,21+/m1/s1. The zero-order valence-electron chi connectivity index (χ0n) is 21.1. The number of rotatable bonds is 6. The first-order valence-corrected chi connectivity index (χ1v) is 13.5. The molecule has 2 atom stereocenters. The Morgan fingerprint density at radius 3 is 2.54 bits per heavy atom. The van der Waals surface area contributed by atoms with Crippen LogP contribution < -0.4 is 19.1 Å². The molecule has 0 bridgehead atoms. The molecule has 2 heterocycles. The van der Waals surface area contributed by atoms with Gasteiger partial charge in [-0.3, -0.25) is 9.10 Å². The van der Waals surface area contributed by atoms with Crippen molar-refractivity contribution in [1.82, 2.24) is 10.2 Å². The van der Waals surface area contributed by atoms with Crippen molar-refractivity contribution in [2.24, 2.45) is 0 Å². The summed E-state index contributed by atoms with van der Waals surface area (Å²) in [5.74, 6) is 1.06. The van der Waals surface area contributed by atoms with Crippen molar-refractivity contribution in [1.29, 1.82) is 0 Å². The Kier molecular flexibility index (Phi) is 7.28. The van der Waals surface area contributed by atoms with E-state index in [1.54, 1.807) is 45.4 Å². The Hall–Kier alpha value is -2.78. The number of hydrogen-bond acceptors (Lipinski definition) is 6. The Morgan fingerprint density at radius 2 is 1.83 bits per heavy atom. The van der Waals surface area contributed by atoms with Crippen LogP contribution in [0.2, 0.25) is 0 Å². The molecule has 0 aliphatic carbocycles. The van der Waals surface area contributed by atoms with Crippen LogP contribution in [0.4, 0.5) is 5.69 Å². The van der Waals surface area contributed by atoms with Crippen LogP contribution in [0.1, 0.15) is 42.4 Å². The van der Waals surface area contributed by atoms with Gasteiger partial charge in [-0.15, -0.1) is 0 Å². The molecular formula is C26H35N3O5S. The second-order valence-electron chi connectivity index (χ2n) is 9.28. The van der Waals surface area contributed by atoms with Gasteiger partial charge in [0.1, 0.15) is 11.5 Å². The van der Waals surface area contributed by atoms with Crippen LogP contribution in [-0.4, -0.2) is 65.7 Å². The fourth-order valence-electron chi connectivity index (χ4n) is 5.22. The van der Waals surface area contributed by atoms with E-state index in [1.165, 1.54) is 4.31 Å². The third-order valence-electron chi connectivity index (χ3n) is 7.36. The third-order valence-corrected chi connectivity index (χ3v) is 9.40. The number of carbonyl (C=O) groups is 1. The number of benzene rings is 2. The van der Waals surface area contributed by atoms with Crippen LogP contribution in [0.5, 0.6) is 11.5 Å². The van der Waals surface area contributed by atoms with Gasteiger partial charge in [-0.2, -0.15) is 0 Å². The minimum Gasteiger partial charge on any atom is -0.497 e. The monoisotopic (exact) mass is 501 g/mol. The zero-order chi connectivity index (χ0) is 25.3. The van der Waals surface area contributed by atoms with Gasteiger partial charge in [0, 0.05) is 32.0 Å². The predicted octanol–water partition coefficient (Wildman–Crippen LogP) is 3.21. The molecule has 1 saturated heterocycles. The molecule has 0 saturated carbocycles. The number of sulfonamides is 1. The maximum atomic E-state index is 14.1. The number of hydrogen-bond donors (Lipinski definition) is 1. The highest BCUT2D eigenvalue weighted by Gasteiger charge is 2.44. The lowest BCUT2D eigenvalue weighted by atomic mass is 9.92. The lowest BCUT2D eigenvalue weighted by Crippen LogP contribution is -2.40. The second-order valence-corrected chi connectivity index (χ2v) is 11.1. The molecule has 0 radical (unpaired) electrons. The molecule has 35 heavy (non-hydrogen) atoms. The number of ether oxygens (including phenoxy) is 2. The molecular weight excluding hydrogens is 466 g/mol. The highest BCUT2D eigenvalue weighted by atomic mass is 32.2. The van der Waals surface area contributed by atoms with E-state index < -0.39 is 16.1 Å². The summed E-state index contributed by atoms with van der Waals surface area (Å²) in [6.07, 6.45) is 1.15. The van der Waals surface area contributed by atoms with Gasteiger partial charge in [0.25, 0.3) is 10.0 Å². The molecule has 0 spiro atoms. The molecule has 1 N–H and O–H groups in total. The third kappa shape index (κ3) is 4.59. The van der Waals surface area contributed by atoms with Gasteiger partial charge in [0.05, 0.1) is 30.8 Å². The normalized spacial score (nSPS) is 20.4. The molecule has 9 heteroatoms. The number of nitrogens with zero attached hydrogens (tertiary/aromatic N) is 2. The maximum Gasteiger partial charge on any atom is 0.264 e. The average Bonchev–Trinajstić information content (AvgIpc) is 3.00. The van der Waals surface area contributed by atoms with Crippen molar-refractivity contribution in [3.63, 3.8) is 0 Å². The molecule has 8 nitrogen and oxygen atoms in total. The van der Waals surface area contributed by atoms with Crippen LogP contribution in [0.15, 0.2) is 35.2 Å². The van der Waals surface area contributed by atoms with Crippen LogP contribution in [0.3, 0.4) is 0 Å².